The van der Waals surface area contributed by atoms with E-state index in [9.17, 15) is 14.4 Å². The number of amides is 1. The Kier molecular flexibility index (Phi) is 5.49. The molecular formula is C17H14ClNO4. The number of hydrogen-bond donors (Lipinski definition) is 0. The molecule has 0 bridgehead atoms. The van der Waals surface area contributed by atoms with Crippen LogP contribution in [0.25, 0.3) is 0 Å². The van der Waals surface area contributed by atoms with Crippen LogP contribution in [-0.4, -0.2) is 31.8 Å². The van der Waals surface area contributed by atoms with Gasteiger partial charge in [-0.25, -0.2) is 4.79 Å². The zero-order chi connectivity index (χ0) is 16.8. The van der Waals surface area contributed by atoms with Gasteiger partial charge < -0.3 is 9.64 Å². The number of nitrogens with zero attached hydrogens (tertiary/aromatic N) is 1. The van der Waals surface area contributed by atoms with Crippen molar-refractivity contribution in [3.05, 3.63) is 64.7 Å². The van der Waals surface area contributed by atoms with Gasteiger partial charge in [-0.3, -0.25) is 9.59 Å². The van der Waals surface area contributed by atoms with E-state index >= 15 is 0 Å². The molecule has 0 saturated carbocycles. The summed E-state index contributed by atoms with van der Waals surface area (Å²) in [6.07, 6.45) is 0.568. The maximum atomic E-state index is 12.3. The summed E-state index contributed by atoms with van der Waals surface area (Å²) in [6, 6.07) is 12.9. The minimum Gasteiger partial charge on any atom is -0.454 e. The second-order valence-corrected chi connectivity index (χ2v) is 5.18. The number of ketones is 1. The lowest BCUT2D eigenvalue weighted by Crippen LogP contribution is -2.20. The standard InChI is InChI=1S/C17H14ClNO4/c1-19(11-20)15-9-13(18)7-8-14(15)16(21)10-23-17(22)12-5-3-2-4-6-12/h2-9,11H,10H2,1H3. The molecule has 0 atom stereocenters. The van der Waals surface area contributed by atoms with E-state index in [0.717, 1.165) is 0 Å². The quantitative estimate of drug-likeness (QED) is 0.464. The molecule has 5 nitrogen and oxygen atoms in total. The van der Waals surface area contributed by atoms with Crippen LogP contribution in [0.2, 0.25) is 5.02 Å². The van der Waals surface area contributed by atoms with Gasteiger partial charge in [0.2, 0.25) is 12.2 Å². The predicted molar refractivity (Wildman–Crippen MR) is 87.0 cm³/mol. The van der Waals surface area contributed by atoms with Gasteiger partial charge >= 0.3 is 5.97 Å². The van der Waals surface area contributed by atoms with E-state index in [4.69, 9.17) is 16.3 Å². The van der Waals surface area contributed by atoms with E-state index in [2.05, 4.69) is 0 Å². The first-order chi connectivity index (χ1) is 11.0. The van der Waals surface area contributed by atoms with Crippen LogP contribution < -0.4 is 4.90 Å². The smallest absolute Gasteiger partial charge is 0.338 e. The summed E-state index contributed by atoms with van der Waals surface area (Å²) in [5, 5.41) is 0.395. The molecule has 0 spiro atoms. The van der Waals surface area contributed by atoms with E-state index in [1.54, 1.807) is 30.3 Å². The minimum absolute atomic E-state index is 0.255. The third-order valence-corrected chi connectivity index (χ3v) is 3.38. The Balaban J connectivity index is 2.12. The average Bonchev–Trinajstić information content (AvgIpc) is 2.59. The Bertz CT molecular complexity index is 731. The molecule has 6 heteroatoms. The van der Waals surface area contributed by atoms with Crippen molar-refractivity contribution in [1.29, 1.82) is 0 Å². The molecule has 0 aliphatic heterocycles. The van der Waals surface area contributed by atoms with Crippen molar-refractivity contribution >= 4 is 35.5 Å². The molecule has 0 N–H and O–H groups in total. The monoisotopic (exact) mass is 331 g/mol. The third kappa shape index (κ3) is 4.17. The summed E-state index contributed by atoms with van der Waals surface area (Å²) >= 11 is 5.89. The summed E-state index contributed by atoms with van der Waals surface area (Å²) < 4.78 is 5.01. The molecule has 2 aromatic carbocycles. The molecule has 0 unspecified atom stereocenters. The van der Waals surface area contributed by atoms with Crippen LogP contribution in [0, 0.1) is 0 Å². The molecule has 0 fully saturated rings. The first kappa shape index (κ1) is 16.7. The van der Waals surface area contributed by atoms with Crippen molar-refractivity contribution in [1.82, 2.24) is 0 Å². The zero-order valence-electron chi connectivity index (χ0n) is 12.4. The van der Waals surface area contributed by atoms with Crippen LogP contribution in [0.1, 0.15) is 20.7 Å². The lowest BCUT2D eigenvalue weighted by molar-refractivity contribution is -0.107. The van der Waals surface area contributed by atoms with Crippen LogP contribution in [-0.2, 0) is 9.53 Å². The number of ether oxygens (including phenoxy) is 1. The number of rotatable bonds is 6. The molecule has 0 saturated heterocycles. The molecular weight excluding hydrogens is 318 g/mol. The van der Waals surface area contributed by atoms with Crippen molar-refractivity contribution in [3.63, 3.8) is 0 Å². The molecule has 1 amide bonds. The molecule has 0 aromatic heterocycles. The van der Waals surface area contributed by atoms with E-state index in [-0.39, 0.29) is 5.56 Å². The van der Waals surface area contributed by atoms with Crippen LogP contribution in [0.5, 0.6) is 0 Å². The SMILES string of the molecule is CN(C=O)c1cc(Cl)ccc1C(=O)COC(=O)c1ccccc1. The highest BCUT2D eigenvalue weighted by molar-refractivity contribution is 6.31. The Morgan fingerprint density at radius 1 is 1.17 bits per heavy atom. The lowest BCUT2D eigenvalue weighted by atomic mass is 10.1. The maximum absolute atomic E-state index is 12.3. The number of Topliss-reactive ketones (excluding diaryl/α,β-unsaturated/α-hetero) is 1. The predicted octanol–water partition coefficient (Wildman–Crippen LogP) is 2.97. The average molecular weight is 332 g/mol. The van der Waals surface area contributed by atoms with Crippen molar-refractivity contribution < 1.29 is 19.1 Å². The van der Waals surface area contributed by atoms with Gasteiger partial charge in [0.1, 0.15) is 0 Å². The molecule has 2 rings (SSSR count). The largest absolute Gasteiger partial charge is 0.454 e. The Hall–Kier alpha value is -2.66. The Morgan fingerprint density at radius 2 is 1.87 bits per heavy atom. The van der Waals surface area contributed by atoms with Gasteiger partial charge in [-0.05, 0) is 30.3 Å². The summed E-state index contributed by atoms with van der Waals surface area (Å²) in [5.41, 5.74) is 0.972. The highest BCUT2D eigenvalue weighted by Gasteiger charge is 2.17. The van der Waals surface area contributed by atoms with E-state index in [1.165, 1.54) is 30.1 Å². The normalized spacial score (nSPS) is 10.0. The van der Waals surface area contributed by atoms with Crippen LogP contribution >= 0.6 is 11.6 Å². The first-order valence-electron chi connectivity index (χ1n) is 6.76. The van der Waals surface area contributed by atoms with Crippen LogP contribution in [0.3, 0.4) is 0 Å². The van der Waals surface area contributed by atoms with Gasteiger partial charge in [0.25, 0.3) is 0 Å². The fraction of sp³-hybridized carbons (Fsp3) is 0.118. The summed E-state index contributed by atoms with van der Waals surface area (Å²) in [5.74, 6) is -1.01. The van der Waals surface area contributed by atoms with Crippen molar-refractivity contribution in [2.45, 2.75) is 0 Å². The van der Waals surface area contributed by atoms with Crippen LogP contribution in [0.15, 0.2) is 48.5 Å². The number of anilines is 1. The van der Waals surface area contributed by atoms with Crippen molar-refractivity contribution in [2.75, 3.05) is 18.6 Å². The van der Waals surface area contributed by atoms with Crippen LogP contribution in [0.4, 0.5) is 5.69 Å². The highest BCUT2D eigenvalue weighted by atomic mass is 35.5. The summed E-state index contributed by atoms with van der Waals surface area (Å²) in [4.78, 5) is 36.3. The second-order valence-electron chi connectivity index (χ2n) is 4.74. The fourth-order valence-corrected chi connectivity index (χ4v) is 2.12. The Morgan fingerprint density at radius 3 is 2.52 bits per heavy atom. The zero-order valence-corrected chi connectivity index (χ0v) is 13.1. The van der Waals surface area contributed by atoms with Gasteiger partial charge in [0.15, 0.2) is 6.61 Å². The lowest BCUT2D eigenvalue weighted by Gasteiger charge is -2.15. The second kappa shape index (κ2) is 7.56. The molecule has 0 radical (unpaired) electrons. The number of benzene rings is 2. The minimum atomic E-state index is -0.585. The van der Waals surface area contributed by atoms with Crippen molar-refractivity contribution in [2.24, 2.45) is 0 Å². The molecule has 2 aromatic rings. The molecule has 0 aliphatic carbocycles. The molecule has 118 valence electrons. The molecule has 0 aliphatic rings. The topological polar surface area (TPSA) is 63.7 Å². The van der Waals surface area contributed by atoms with E-state index in [0.29, 0.717) is 22.7 Å². The maximum Gasteiger partial charge on any atom is 0.338 e. The number of carbonyl (C=O) groups is 3. The van der Waals surface area contributed by atoms with Crippen molar-refractivity contribution in [3.8, 4) is 0 Å². The van der Waals surface area contributed by atoms with Gasteiger partial charge in [-0.2, -0.15) is 0 Å². The first-order valence-corrected chi connectivity index (χ1v) is 7.13. The van der Waals surface area contributed by atoms with Gasteiger partial charge in [-0.1, -0.05) is 29.8 Å². The number of halogens is 1. The number of hydrogen-bond acceptors (Lipinski definition) is 4. The van der Waals surface area contributed by atoms with E-state index in [1.807, 2.05) is 0 Å². The number of esters is 1. The fourth-order valence-electron chi connectivity index (χ4n) is 1.96. The van der Waals surface area contributed by atoms with E-state index < -0.39 is 18.4 Å². The molecule has 0 heterocycles. The van der Waals surface area contributed by atoms with Gasteiger partial charge in [0.05, 0.1) is 11.3 Å². The summed E-state index contributed by atoms with van der Waals surface area (Å²) in [6.45, 7) is -0.422. The number of carbonyl (C=O) groups excluding carboxylic acids is 3. The highest BCUT2D eigenvalue weighted by Crippen LogP contribution is 2.24. The van der Waals surface area contributed by atoms with Gasteiger partial charge in [-0.15, -0.1) is 0 Å². The Labute approximate surface area is 138 Å². The third-order valence-electron chi connectivity index (χ3n) is 3.14. The summed E-state index contributed by atoms with van der Waals surface area (Å²) in [7, 11) is 1.51. The van der Waals surface area contributed by atoms with Gasteiger partial charge in [0, 0.05) is 17.6 Å². The molecule has 23 heavy (non-hydrogen) atoms.